The minimum atomic E-state index is -4.93. The van der Waals surface area contributed by atoms with Crippen molar-refractivity contribution in [3.63, 3.8) is 0 Å². The third-order valence-corrected chi connectivity index (χ3v) is 1.99. The average molecular weight is 210 g/mol. The highest BCUT2D eigenvalue weighted by molar-refractivity contribution is 5.90. The molecule has 1 aliphatic heterocycles. The zero-order valence-corrected chi connectivity index (χ0v) is 7.39. The molecular weight excluding hydrogens is 201 g/mol. The predicted octanol–water partition coefficient (Wildman–Crippen LogP) is -0.104. The third kappa shape index (κ3) is 2.15. The number of amides is 2. The topological polar surface area (TPSA) is 49.4 Å². The second-order valence-electron chi connectivity index (χ2n) is 3.07. The first kappa shape index (κ1) is 10.8. The van der Waals surface area contributed by atoms with Gasteiger partial charge in [-0.05, 0) is 6.42 Å². The monoisotopic (exact) mass is 210 g/mol. The molecule has 0 bridgehead atoms. The predicted molar refractivity (Wildman–Crippen MR) is 40.2 cm³/mol. The first-order valence-electron chi connectivity index (χ1n) is 3.95. The quantitative estimate of drug-likeness (QED) is 0.656. The van der Waals surface area contributed by atoms with Crippen LogP contribution in [-0.4, -0.2) is 42.5 Å². The van der Waals surface area contributed by atoms with Gasteiger partial charge in [0, 0.05) is 13.6 Å². The van der Waals surface area contributed by atoms with Crippen LogP contribution in [0, 0.1) is 0 Å². The van der Waals surface area contributed by atoms with Gasteiger partial charge in [-0.2, -0.15) is 13.2 Å². The van der Waals surface area contributed by atoms with Gasteiger partial charge in [0.1, 0.15) is 6.04 Å². The summed E-state index contributed by atoms with van der Waals surface area (Å²) in [6, 6.07) is -1.03. The lowest BCUT2D eigenvalue weighted by atomic mass is 10.2. The standard InChI is InChI=1S/C7H9F3N2O2/c1-12-3-2-4(5(12)13)11-6(14)7(8,9)10/h4H,2-3H2,1H3,(H,11,14). The maximum atomic E-state index is 11.8. The first-order valence-corrected chi connectivity index (χ1v) is 3.95. The molecule has 1 heterocycles. The summed E-state index contributed by atoms with van der Waals surface area (Å²) >= 11 is 0. The van der Waals surface area contributed by atoms with Crippen molar-refractivity contribution in [2.24, 2.45) is 0 Å². The number of nitrogens with zero attached hydrogens (tertiary/aromatic N) is 1. The minimum Gasteiger partial charge on any atom is -0.344 e. The molecule has 1 N–H and O–H groups in total. The largest absolute Gasteiger partial charge is 0.471 e. The maximum absolute atomic E-state index is 11.8. The summed E-state index contributed by atoms with van der Waals surface area (Å²) in [5.41, 5.74) is 0. The van der Waals surface area contributed by atoms with E-state index in [1.54, 1.807) is 5.32 Å². The molecule has 7 heteroatoms. The highest BCUT2D eigenvalue weighted by Crippen LogP contribution is 2.16. The number of alkyl halides is 3. The van der Waals surface area contributed by atoms with Crippen molar-refractivity contribution in [3.8, 4) is 0 Å². The van der Waals surface area contributed by atoms with E-state index >= 15 is 0 Å². The van der Waals surface area contributed by atoms with Gasteiger partial charge < -0.3 is 10.2 Å². The molecule has 0 aromatic heterocycles. The van der Waals surface area contributed by atoms with Crippen LogP contribution in [0.25, 0.3) is 0 Å². The zero-order valence-electron chi connectivity index (χ0n) is 7.39. The molecule has 14 heavy (non-hydrogen) atoms. The maximum Gasteiger partial charge on any atom is 0.471 e. The molecule has 0 aromatic rings. The number of likely N-dealkylation sites (N-methyl/N-ethyl adjacent to an activating group) is 1. The average Bonchev–Trinajstić information content (AvgIpc) is 2.34. The first-order chi connectivity index (χ1) is 6.32. The van der Waals surface area contributed by atoms with Crippen LogP contribution in [0.4, 0.5) is 13.2 Å². The summed E-state index contributed by atoms with van der Waals surface area (Å²) in [6.07, 6.45) is -4.71. The Hall–Kier alpha value is -1.27. The van der Waals surface area contributed by atoms with Crippen molar-refractivity contribution < 1.29 is 22.8 Å². The zero-order chi connectivity index (χ0) is 10.9. The molecule has 0 aliphatic carbocycles. The van der Waals surface area contributed by atoms with Crippen molar-refractivity contribution in [3.05, 3.63) is 0 Å². The summed E-state index contributed by atoms with van der Waals surface area (Å²) < 4.78 is 35.4. The Kier molecular flexibility index (Phi) is 2.68. The molecule has 1 atom stereocenters. The van der Waals surface area contributed by atoms with E-state index in [1.165, 1.54) is 11.9 Å². The molecule has 0 saturated carbocycles. The van der Waals surface area contributed by atoms with E-state index in [1.807, 2.05) is 0 Å². The van der Waals surface area contributed by atoms with E-state index in [0.29, 0.717) is 6.54 Å². The molecule has 1 saturated heterocycles. The Morgan fingerprint density at radius 2 is 2.14 bits per heavy atom. The molecular formula is C7H9F3N2O2. The Labute approximate surface area is 78.1 Å². The summed E-state index contributed by atoms with van der Waals surface area (Å²) in [5.74, 6) is -2.55. The molecule has 1 unspecified atom stereocenters. The van der Waals surface area contributed by atoms with E-state index in [0.717, 1.165) is 0 Å². The lowest BCUT2D eigenvalue weighted by molar-refractivity contribution is -0.174. The van der Waals surface area contributed by atoms with Crippen LogP contribution in [0.5, 0.6) is 0 Å². The molecule has 0 aromatic carbocycles. The normalized spacial score (nSPS) is 22.7. The summed E-state index contributed by atoms with van der Waals surface area (Å²) in [6.45, 7) is 0.363. The highest BCUT2D eigenvalue weighted by atomic mass is 19.4. The van der Waals surface area contributed by atoms with E-state index < -0.39 is 24.0 Å². The fourth-order valence-electron chi connectivity index (χ4n) is 1.20. The molecule has 0 spiro atoms. The molecule has 80 valence electrons. The van der Waals surface area contributed by atoms with E-state index in [4.69, 9.17) is 0 Å². The fourth-order valence-corrected chi connectivity index (χ4v) is 1.20. The van der Waals surface area contributed by atoms with E-state index in [2.05, 4.69) is 0 Å². The van der Waals surface area contributed by atoms with Gasteiger partial charge in [-0.3, -0.25) is 9.59 Å². The molecule has 1 aliphatic rings. The van der Waals surface area contributed by atoms with Crippen molar-refractivity contribution in [1.29, 1.82) is 0 Å². The van der Waals surface area contributed by atoms with Crippen molar-refractivity contribution in [2.75, 3.05) is 13.6 Å². The van der Waals surface area contributed by atoms with Crippen LogP contribution in [-0.2, 0) is 9.59 Å². The van der Waals surface area contributed by atoms with Gasteiger partial charge in [0.15, 0.2) is 0 Å². The SMILES string of the molecule is CN1CCC(NC(=O)C(F)(F)F)C1=O. The van der Waals surface area contributed by atoms with Crippen LogP contribution < -0.4 is 5.32 Å². The molecule has 1 rings (SSSR count). The van der Waals surface area contributed by atoms with Gasteiger partial charge in [0.2, 0.25) is 5.91 Å². The molecule has 0 radical (unpaired) electrons. The Balaban J connectivity index is 2.54. The van der Waals surface area contributed by atoms with Crippen molar-refractivity contribution in [2.45, 2.75) is 18.6 Å². The fraction of sp³-hybridized carbons (Fsp3) is 0.714. The summed E-state index contributed by atoms with van der Waals surface area (Å²) in [4.78, 5) is 22.9. The molecule has 1 fully saturated rings. The number of carbonyl (C=O) groups excluding carboxylic acids is 2. The Bertz CT molecular complexity index is 264. The van der Waals surface area contributed by atoms with Crippen molar-refractivity contribution >= 4 is 11.8 Å². The van der Waals surface area contributed by atoms with E-state index in [-0.39, 0.29) is 6.42 Å². The smallest absolute Gasteiger partial charge is 0.344 e. The minimum absolute atomic E-state index is 0.219. The van der Waals surface area contributed by atoms with Crippen LogP contribution in [0.3, 0.4) is 0 Å². The molecule has 4 nitrogen and oxygen atoms in total. The van der Waals surface area contributed by atoms with Gasteiger partial charge in [-0.25, -0.2) is 0 Å². The van der Waals surface area contributed by atoms with Crippen LogP contribution in [0.2, 0.25) is 0 Å². The Morgan fingerprint density at radius 3 is 2.50 bits per heavy atom. The van der Waals surface area contributed by atoms with Crippen molar-refractivity contribution in [1.82, 2.24) is 10.2 Å². The second-order valence-corrected chi connectivity index (χ2v) is 3.07. The number of carbonyl (C=O) groups is 2. The van der Waals surface area contributed by atoms with Crippen LogP contribution in [0.1, 0.15) is 6.42 Å². The van der Waals surface area contributed by atoms with Gasteiger partial charge >= 0.3 is 12.1 Å². The van der Waals surface area contributed by atoms with Crippen LogP contribution in [0.15, 0.2) is 0 Å². The van der Waals surface area contributed by atoms with Gasteiger partial charge in [-0.15, -0.1) is 0 Å². The lowest BCUT2D eigenvalue weighted by Gasteiger charge is -2.13. The number of hydrogen-bond acceptors (Lipinski definition) is 2. The Morgan fingerprint density at radius 1 is 1.57 bits per heavy atom. The number of halogens is 3. The molecule has 2 amide bonds. The lowest BCUT2D eigenvalue weighted by Crippen LogP contribution is -2.46. The number of hydrogen-bond donors (Lipinski definition) is 1. The number of rotatable bonds is 1. The summed E-state index contributed by atoms with van der Waals surface area (Å²) in [5, 5.41) is 1.64. The second kappa shape index (κ2) is 3.47. The summed E-state index contributed by atoms with van der Waals surface area (Å²) in [7, 11) is 1.47. The van der Waals surface area contributed by atoms with E-state index in [9.17, 15) is 22.8 Å². The van der Waals surface area contributed by atoms with Gasteiger partial charge in [0.25, 0.3) is 0 Å². The third-order valence-electron chi connectivity index (χ3n) is 1.99. The van der Waals surface area contributed by atoms with Gasteiger partial charge in [0.05, 0.1) is 0 Å². The number of likely N-dealkylation sites (tertiary alicyclic amines) is 1. The number of nitrogens with one attached hydrogen (secondary N) is 1. The van der Waals surface area contributed by atoms with Gasteiger partial charge in [-0.1, -0.05) is 0 Å². The highest BCUT2D eigenvalue weighted by Gasteiger charge is 2.42. The van der Waals surface area contributed by atoms with Crippen LogP contribution >= 0.6 is 0 Å².